The molecule has 3 aromatic rings. The van der Waals surface area contributed by atoms with Crippen molar-refractivity contribution in [2.24, 2.45) is 0 Å². The highest BCUT2D eigenvalue weighted by Crippen LogP contribution is 2.30. The molecule has 0 aliphatic carbocycles. The molecule has 1 fully saturated rings. The van der Waals surface area contributed by atoms with Crippen LogP contribution in [-0.2, 0) is 17.1 Å². The fraction of sp³-hybridized carbons (Fsp3) is 0.400. The number of carbonyl (C=O) groups excluding carboxylic acids is 1. The van der Waals surface area contributed by atoms with Gasteiger partial charge in [0.25, 0.3) is 5.22 Å². The Labute approximate surface area is 172 Å². The number of amides is 1. The molecule has 4 rings (SSSR count). The van der Waals surface area contributed by atoms with Crippen molar-refractivity contribution in [3.63, 3.8) is 0 Å². The first-order valence-corrected chi connectivity index (χ1v) is 11.2. The van der Waals surface area contributed by atoms with Crippen LogP contribution in [0.25, 0.3) is 10.6 Å². The van der Waals surface area contributed by atoms with Gasteiger partial charge in [0, 0.05) is 35.4 Å². The highest BCUT2D eigenvalue weighted by atomic mass is 32.2. The number of thiazole rings is 1. The van der Waals surface area contributed by atoms with Gasteiger partial charge in [-0.2, -0.15) is 0 Å². The van der Waals surface area contributed by atoms with Crippen LogP contribution in [-0.4, -0.2) is 32.5 Å². The van der Waals surface area contributed by atoms with E-state index in [4.69, 9.17) is 4.42 Å². The Hall–Kier alpha value is -2.19. The molecule has 0 bridgehead atoms. The van der Waals surface area contributed by atoms with Crippen LogP contribution in [0.15, 0.2) is 40.1 Å². The summed E-state index contributed by atoms with van der Waals surface area (Å²) in [5, 5.41) is 9.68. The van der Waals surface area contributed by atoms with Crippen molar-refractivity contribution in [1.29, 1.82) is 0 Å². The molecule has 146 valence electrons. The van der Waals surface area contributed by atoms with Crippen molar-refractivity contribution >= 4 is 29.0 Å². The second-order valence-electron chi connectivity index (χ2n) is 7.08. The average molecular weight is 415 g/mol. The van der Waals surface area contributed by atoms with Gasteiger partial charge in [-0.25, -0.2) is 4.98 Å². The fourth-order valence-electron chi connectivity index (χ4n) is 3.05. The Balaban J connectivity index is 1.34. The molecular weight excluding hydrogens is 392 g/mol. The monoisotopic (exact) mass is 414 g/mol. The van der Waals surface area contributed by atoms with Crippen molar-refractivity contribution in [3.8, 4) is 10.6 Å². The highest BCUT2D eigenvalue weighted by Gasteiger charge is 2.22. The summed E-state index contributed by atoms with van der Waals surface area (Å²) in [5.74, 6) is 1.91. The molecular formula is C20H22N4O2S2. The minimum Gasteiger partial charge on any atom is -0.414 e. The summed E-state index contributed by atoms with van der Waals surface area (Å²) in [6.07, 6.45) is 3.43. The van der Waals surface area contributed by atoms with E-state index in [0.29, 0.717) is 30.0 Å². The maximum Gasteiger partial charge on any atom is 0.277 e. The molecule has 1 saturated heterocycles. The van der Waals surface area contributed by atoms with E-state index in [1.165, 1.54) is 17.3 Å². The van der Waals surface area contributed by atoms with Gasteiger partial charge in [-0.05, 0) is 17.9 Å². The predicted molar refractivity (Wildman–Crippen MR) is 110 cm³/mol. The summed E-state index contributed by atoms with van der Waals surface area (Å²) >= 11 is 3.17. The molecule has 0 N–H and O–H groups in total. The summed E-state index contributed by atoms with van der Waals surface area (Å²) in [7, 11) is 0. The van der Waals surface area contributed by atoms with E-state index >= 15 is 0 Å². The number of likely N-dealkylation sites (tertiary alicyclic amines) is 1. The van der Waals surface area contributed by atoms with E-state index in [1.807, 2.05) is 6.20 Å². The summed E-state index contributed by atoms with van der Waals surface area (Å²) < 4.78 is 5.67. The SMILES string of the molecule is CC(C)c1ccc(-c2ncc(CSc3nnc(CN4CCCC4=O)o3)s2)cc1. The number of rotatable bonds is 7. The summed E-state index contributed by atoms with van der Waals surface area (Å²) in [5.41, 5.74) is 2.47. The van der Waals surface area contributed by atoms with Gasteiger partial charge in [0.2, 0.25) is 11.8 Å². The van der Waals surface area contributed by atoms with Gasteiger partial charge in [0.15, 0.2) is 0 Å². The quantitative estimate of drug-likeness (QED) is 0.521. The zero-order valence-corrected chi connectivity index (χ0v) is 17.6. The zero-order chi connectivity index (χ0) is 19.5. The van der Waals surface area contributed by atoms with Gasteiger partial charge in [-0.1, -0.05) is 49.9 Å². The summed E-state index contributed by atoms with van der Waals surface area (Å²) in [4.78, 5) is 19.2. The lowest BCUT2D eigenvalue weighted by atomic mass is 10.0. The van der Waals surface area contributed by atoms with Gasteiger partial charge in [0.05, 0.1) is 6.54 Å². The number of nitrogens with zero attached hydrogens (tertiary/aromatic N) is 4. The minimum atomic E-state index is 0.158. The maximum atomic E-state index is 11.7. The van der Waals surface area contributed by atoms with Crippen LogP contribution < -0.4 is 0 Å². The van der Waals surface area contributed by atoms with Gasteiger partial charge in [-0.15, -0.1) is 21.5 Å². The molecule has 0 radical (unpaired) electrons. The van der Waals surface area contributed by atoms with Crippen molar-refractivity contribution in [3.05, 3.63) is 46.8 Å². The molecule has 1 aliphatic rings. The molecule has 0 spiro atoms. The lowest BCUT2D eigenvalue weighted by Crippen LogP contribution is -2.23. The minimum absolute atomic E-state index is 0.158. The van der Waals surface area contributed by atoms with E-state index in [-0.39, 0.29) is 5.91 Å². The van der Waals surface area contributed by atoms with Gasteiger partial charge >= 0.3 is 0 Å². The van der Waals surface area contributed by atoms with E-state index in [9.17, 15) is 4.79 Å². The molecule has 28 heavy (non-hydrogen) atoms. The second-order valence-corrected chi connectivity index (χ2v) is 9.12. The summed E-state index contributed by atoms with van der Waals surface area (Å²) in [6, 6.07) is 8.60. The Morgan fingerprint density at radius 3 is 2.79 bits per heavy atom. The van der Waals surface area contributed by atoms with Crippen LogP contribution in [0.5, 0.6) is 0 Å². The van der Waals surface area contributed by atoms with E-state index in [2.05, 4.69) is 53.3 Å². The van der Waals surface area contributed by atoms with Crippen molar-refractivity contribution in [2.45, 2.75) is 50.1 Å². The first-order valence-electron chi connectivity index (χ1n) is 9.36. The number of hydrogen-bond donors (Lipinski definition) is 0. The van der Waals surface area contributed by atoms with Crippen LogP contribution in [0.1, 0.15) is 48.9 Å². The Kier molecular flexibility index (Phi) is 5.77. The second kappa shape index (κ2) is 8.45. The van der Waals surface area contributed by atoms with Crippen molar-refractivity contribution in [1.82, 2.24) is 20.1 Å². The van der Waals surface area contributed by atoms with Crippen LogP contribution >= 0.6 is 23.1 Å². The van der Waals surface area contributed by atoms with Crippen LogP contribution in [0.2, 0.25) is 0 Å². The number of aromatic nitrogens is 3. The normalized spacial score (nSPS) is 14.4. The van der Waals surface area contributed by atoms with Crippen molar-refractivity contribution in [2.75, 3.05) is 6.54 Å². The Morgan fingerprint density at radius 2 is 2.07 bits per heavy atom. The van der Waals surface area contributed by atoms with E-state index in [0.717, 1.165) is 34.2 Å². The highest BCUT2D eigenvalue weighted by molar-refractivity contribution is 7.98. The third-order valence-corrected chi connectivity index (χ3v) is 6.76. The average Bonchev–Trinajstić information content (AvgIpc) is 3.43. The lowest BCUT2D eigenvalue weighted by Gasteiger charge is -2.11. The number of hydrogen-bond acceptors (Lipinski definition) is 7. The van der Waals surface area contributed by atoms with Gasteiger partial charge < -0.3 is 9.32 Å². The standard InChI is InChI=1S/C20H22N4O2S2/c1-13(2)14-5-7-15(8-6-14)19-21-10-16(28-19)12-27-20-23-22-17(26-20)11-24-9-3-4-18(24)25/h5-8,10,13H,3-4,9,11-12H2,1-2H3. The maximum absolute atomic E-state index is 11.7. The Bertz CT molecular complexity index is 949. The molecule has 6 nitrogen and oxygen atoms in total. The number of thioether (sulfide) groups is 1. The predicted octanol–water partition coefficient (Wildman–Crippen LogP) is 4.73. The Morgan fingerprint density at radius 1 is 1.25 bits per heavy atom. The molecule has 1 aliphatic heterocycles. The van der Waals surface area contributed by atoms with Crippen LogP contribution in [0.3, 0.4) is 0 Å². The zero-order valence-electron chi connectivity index (χ0n) is 15.9. The van der Waals surface area contributed by atoms with Crippen LogP contribution in [0, 0.1) is 0 Å². The third-order valence-electron chi connectivity index (χ3n) is 4.66. The largest absolute Gasteiger partial charge is 0.414 e. The smallest absolute Gasteiger partial charge is 0.277 e. The topological polar surface area (TPSA) is 72.1 Å². The van der Waals surface area contributed by atoms with E-state index < -0.39 is 0 Å². The molecule has 1 aromatic carbocycles. The summed E-state index contributed by atoms with van der Waals surface area (Å²) in [6.45, 7) is 5.56. The lowest BCUT2D eigenvalue weighted by molar-refractivity contribution is -0.128. The molecule has 8 heteroatoms. The fourth-order valence-corrected chi connectivity index (χ4v) is 4.77. The molecule has 0 atom stereocenters. The van der Waals surface area contributed by atoms with E-state index in [1.54, 1.807) is 16.2 Å². The molecule has 0 saturated carbocycles. The molecule has 1 amide bonds. The first-order chi connectivity index (χ1) is 13.6. The van der Waals surface area contributed by atoms with Crippen molar-refractivity contribution < 1.29 is 9.21 Å². The molecule has 3 heterocycles. The molecule has 0 unspecified atom stereocenters. The number of benzene rings is 1. The van der Waals surface area contributed by atoms with Gasteiger partial charge in [-0.3, -0.25) is 4.79 Å². The molecule has 2 aromatic heterocycles. The first kappa shape index (κ1) is 19.1. The number of carbonyl (C=O) groups is 1. The van der Waals surface area contributed by atoms with Crippen LogP contribution in [0.4, 0.5) is 0 Å². The third kappa shape index (κ3) is 4.44. The van der Waals surface area contributed by atoms with Gasteiger partial charge in [0.1, 0.15) is 5.01 Å².